The van der Waals surface area contributed by atoms with Crippen LogP contribution >= 0.6 is 0 Å². The van der Waals surface area contributed by atoms with E-state index >= 15 is 0 Å². The normalized spacial score (nSPS) is 53.9. The van der Waals surface area contributed by atoms with Crippen LogP contribution in [0.4, 0.5) is 0 Å². The highest BCUT2D eigenvalue weighted by molar-refractivity contribution is 5.83. The number of methoxy groups -OCH3 is 1. The first-order chi connectivity index (χ1) is 11.9. The van der Waals surface area contributed by atoms with Crippen molar-refractivity contribution in [2.75, 3.05) is 13.7 Å². The van der Waals surface area contributed by atoms with Gasteiger partial charge in [0.15, 0.2) is 0 Å². The summed E-state index contributed by atoms with van der Waals surface area (Å²) in [6.45, 7) is 5.86. The van der Waals surface area contributed by atoms with Gasteiger partial charge >= 0.3 is 0 Å². The number of rotatable bonds is 2. The summed E-state index contributed by atoms with van der Waals surface area (Å²) in [5.41, 5.74) is 2.02. The first-order valence-electron chi connectivity index (χ1n) is 10.3. The SMILES string of the molecule is COC[C@]1(C)CCC[C@H]2[C@@H]3CC[C@@]45CC(=O)CC[C@@]4(O5)C3=CC[C@@]21C. The van der Waals surface area contributed by atoms with Crippen LogP contribution in [-0.2, 0) is 14.3 Å². The maximum absolute atomic E-state index is 12.0. The Morgan fingerprint density at radius 1 is 1.24 bits per heavy atom. The van der Waals surface area contributed by atoms with Crippen molar-refractivity contribution in [2.45, 2.75) is 82.8 Å². The molecule has 5 aliphatic rings. The standard InChI is InChI=1S/C22H32O3/c1-19(14-24-3)9-4-5-17-16-7-11-21-13-15(23)6-12-22(21,25-21)18(16)8-10-20(17,19)2/h8,16-17H,4-7,9-14H2,1-3H3/t16-,17-,19-,20-,21+,22+/m0/s1. The molecule has 0 aromatic rings. The molecule has 138 valence electrons. The summed E-state index contributed by atoms with van der Waals surface area (Å²) in [6.07, 6.45) is 12.3. The summed E-state index contributed by atoms with van der Waals surface area (Å²) in [5, 5.41) is 0. The predicted molar refractivity (Wildman–Crippen MR) is 96.3 cm³/mol. The zero-order valence-electron chi connectivity index (χ0n) is 16.0. The van der Waals surface area contributed by atoms with Crippen LogP contribution in [0.1, 0.15) is 71.6 Å². The number of allylic oxidation sites excluding steroid dienone is 1. The number of ether oxygens (including phenoxy) is 2. The molecule has 4 aliphatic carbocycles. The van der Waals surface area contributed by atoms with Gasteiger partial charge in [-0.25, -0.2) is 0 Å². The topological polar surface area (TPSA) is 38.8 Å². The number of Topliss-reactive ketones (excluding diaryl/α,β-unsaturated/α-hetero) is 1. The van der Waals surface area contributed by atoms with Gasteiger partial charge in [0.2, 0.25) is 0 Å². The van der Waals surface area contributed by atoms with Crippen LogP contribution in [0.3, 0.4) is 0 Å². The molecule has 0 N–H and O–H groups in total. The molecule has 1 heterocycles. The molecule has 3 nitrogen and oxygen atoms in total. The molecule has 1 aliphatic heterocycles. The number of hydrogen-bond acceptors (Lipinski definition) is 3. The van der Waals surface area contributed by atoms with E-state index in [1.807, 2.05) is 7.11 Å². The van der Waals surface area contributed by atoms with E-state index < -0.39 is 0 Å². The van der Waals surface area contributed by atoms with Crippen LogP contribution < -0.4 is 0 Å². The first-order valence-corrected chi connectivity index (χ1v) is 10.3. The molecule has 1 saturated heterocycles. The van der Waals surface area contributed by atoms with Gasteiger partial charge in [-0.15, -0.1) is 0 Å². The molecule has 0 aromatic heterocycles. The molecule has 5 rings (SSSR count). The Morgan fingerprint density at radius 2 is 2.08 bits per heavy atom. The Hall–Kier alpha value is -0.670. The van der Waals surface area contributed by atoms with E-state index in [0.717, 1.165) is 38.2 Å². The molecule has 6 atom stereocenters. The Balaban J connectivity index is 1.53. The quantitative estimate of drug-likeness (QED) is 0.549. The predicted octanol–water partition coefficient (Wildman–Crippen LogP) is 4.45. The fourth-order valence-corrected chi connectivity index (χ4v) is 7.56. The van der Waals surface area contributed by atoms with Crippen molar-refractivity contribution in [3.8, 4) is 0 Å². The van der Waals surface area contributed by atoms with Gasteiger partial charge < -0.3 is 9.47 Å². The first kappa shape index (κ1) is 16.5. The van der Waals surface area contributed by atoms with Crippen LogP contribution in [0.2, 0.25) is 0 Å². The Morgan fingerprint density at radius 3 is 2.88 bits per heavy atom. The van der Waals surface area contributed by atoms with Crippen LogP contribution in [0, 0.1) is 22.7 Å². The lowest BCUT2D eigenvalue weighted by Crippen LogP contribution is -2.55. The van der Waals surface area contributed by atoms with Gasteiger partial charge in [-0.05, 0) is 66.8 Å². The Labute approximate surface area is 151 Å². The Kier molecular flexibility index (Phi) is 3.29. The zero-order valence-corrected chi connectivity index (χ0v) is 16.0. The fraction of sp³-hybridized carbons (Fsp3) is 0.864. The minimum absolute atomic E-state index is 0.0553. The van der Waals surface area contributed by atoms with Crippen LogP contribution in [-0.4, -0.2) is 30.7 Å². The molecule has 3 saturated carbocycles. The number of hydrogen-bond donors (Lipinski definition) is 0. The van der Waals surface area contributed by atoms with Crippen molar-refractivity contribution in [1.29, 1.82) is 0 Å². The summed E-state index contributed by atoms with van der Waals surface area (Å²) >= 11 is 0. The third-order valence-corrected chi connectivity index (χ3v) is 9.16. The van der Waals surface area contributed by atoms with Crippen molar-refractivity contribution in [3.63, 3.8) is 0 Å². The summed E-state index contributed by atoms with van der Waals surface area (Å²) in [4.78, 5) is 12.0. The van der Waals surface area contributed by atoms with Crippen molar-refractivity contribution < 1.29 is 14.3 Å². The molecular formula is C22H32O3. The second kappa shape index (κ2) is 4.98. The number of carbonyl (C=O) groups excluding carboxylic acids is 1. The van der Waals surface area contributed by atoms with Crippen LogP contribution in [0.5, 0.6) is 0 Å². The van der Waals surface area contributed by atoms with Gasteiger partial charge in [-0.1, -0.05) is 26.3 Å². The van der Waals surface area contributed by atoms with Gasteiger partial charge in [0, 0.05) is 20.0 Å². The molecule has 0 unspecified atom stereocenters. The van der Waals surface area contributed by atoms with Crippen molar-refractivity contribution in [3.05, 3.63) is 11.6 Å². The highest BCUT2D eigenvalue weighted by Gasteiger charge is 2.76. The fourth-order valence-electron chi connectivity index (χ4n) is 7.56. The van der Waals surface area contributed by atoms with Gasteiger partial charge in [0.05, 0.1) is 6.61 Å². The zero-order chi connectivity index (χ0) is 17.5. The molecular weight excluding hydrogens is 312 g/mol. The lowest BCUT2D eigenvalue weighted by molar-refractivity contribution is -0.122. The third-order valence-electron chi connectivity index (χ3n) is 9.16. The van der Waals surface area contributed by atoms with Gasteiger partial charge in [-0.3, -0.25) is 4.79 Å². The molecule has 0 amide bonds. The summed E-state index contributed by atoms with van der Waals surface area (Å²) in [7, 11) is 1.85. The smallest absolute Gasteiger partial charge is 0.136 e. The van der Waals surface area contributed by atoms with E-state index in [9.17, 15) is 4.79 Å². The molecule has 3 heteroatoms. The van der Waals surface area contributed by atoms with Gasteiger partial charge in [-0.2, -0.15) is 0 Å². The number of epoxide rings is 1. The minimum Gasteiger partial charge on any atom is -0.384 e. The van der Waals surface area contributed by atoms with E-state index in [1.54, 1.807) is 5.57 Å². The third kappa shape index (κ3) is 1.87. The summed E-state index contributed by atoms with van der Waals surface area (Å²) in [5.74, 6) is 1.83. The van der Waals surface area contributed by atoms with Crippen molar-refractivity contribution in [2.24, 2.45) is 22.7 Å². The Bertz CT molecular complexity index is 650. The summed E-state index contributed by atoms with van der Waals surface area (Å²) < 4.78 is 12.1. The lowest BCUT2D eigenvalue weighted by atomic mass is 9.44. The van der Waals surface area contributed by atoms with E-state index in [0.29, 0.717) is 23.5 Å². The van der Waals surface area contributed by atoms with Crippen molar-refractivity contribution in [1.82, 2.24) is 0 Å². The highest BCUT2D eigenvalue weighted by atomic mass is 16.6. The van der Waals surface area contributed by atoms with Gasteiger partial charge in [0.25, 0.3) is 0 Å². The van der Waals surface area contributed by atoms with E-state index in [4.69, 9.17) is 9.47 Å². The second-order valence-electron chi connectivity index (χ2n) is 10.1. The minimum atomic E-state index is -0.108. The maximum atomic E-state index is 12.0. The molecule has 25 heavy (non-hydrogen) atoms. The second-order valence-corrected chi connectivity index (χ2v) is 10.1. The van der Waals surface area contributed by atoms with E-state index in [1.165, 1.54) is 25.7 Å². The average molecular weight is 344 g/mol. The molecule has 0 bridgehead atoms. The number of fused-ring (bicyclic) bond motifs is 3. The molecule has 4 fully saturated rings. The lowest BCUT2D eigenvalue weighted by Gasteiger charge is -2.60. The van der Waals surface area contributed by atoms with E-state index in [2.05, 4.69) is 19.9 Å². The average Bonchev–Trinajstić information content (AvgIpc) is 3.25. The molecule has 0 spiro atoms. The molecule has 0 aromatic carbocycles. The molecule has 0 radical (unpaired) electrons. The highest BCUT2D eigenvalue weighted by Crippen LogP contribution is 2.72. The number of carbonyl (C=O) groups is 1. The monoisotopic (exact) mass is 344 g/mol. The van der Waals surface area contributed by atoms with Crippen LogP contribution in [0.25, 0.3) is 0 Å². The van der Waals surface area contributed by atoms with E-state index in [-0.39, 0.29) is 16.6 Å². The maximum Gasteiger partial charge on any atom is 0.136 e. The summed E-state index contributed by atoms with van der Waals surface area (Å²) in [6, 6.07) is 0. The van der Waals surface area contributed by atoms with Crippen molar-refractivity contribution >= 4 is 5.78 Å². The largest absolute Gasteiger partial charge is 0.384 e. The van der Waals surface area contributed by atoms with Gasteiger partial charge in [0.1, 0.15) is 17.0 Å². The van der Waals surface area contributed by atoms with Crippen LogP contribution in [0.15, 0.2) is 11.6 Å². The number of ketones is 1.